The quantitative estimate of drug-likeness (QED) is 0.244. The van der Waals surface area contributed by atoms with Crippen molar-refractivity contribution in [3.63, 3.8) is 0 Å². The number of rotatable bonds is 3. The van der Waals surface area contributed by atoms with Crippen LogP contribution in [0.5, 0.6) is 0 Å². The molecule has 0 rings (SSSR count). The van der Waals surface area contributed by atoms with E-state index in [1.165, 1.54) is 6.21 Å². The fraction of sp³-hybridized carbons (Fsp3) is 0.556. The molecule has 0 unspecified atom stereocenters. The Bertz CT molecular complexity index is 362. The zero-order chi connectivity index (χ0) is 13.4. The van der Waals surface area contributed by atoms with Gasteiger partial charge in [0.05, 0.1) is 11.9 Å². The fourth-order valence-electron chi connectivity index (χ4n) is 0.488. The summed E-state index contributed by atoms with van der Waals surface area (Å²) in [6.07, 6.45) is 1.47. The van der Waals surface area contributed by atoms with E-state index in [-0.39, 0.29) is 17.1 Å². The minimum absolute atomic E-state index is 0. The second-order valence-electron chi connectivity index (χ2n) is 3.54. The Labute approximate surface area is 130 Å². The second kappa shape index (κ2) is 10.2. The molecule has 0 aromatic rings. The van der Waals surface area contributed by atoms with E-state index in [2.05, 4.69) is 20.4 Å². The maximum Gasteiger partial charge on any atom is 2.00 e. The Kier molecular flexibility index (Phi) is 11.1. The van der Waals surface area contributed by atoms with E-state index in [1.807, 2.05) is 0 Å². The molecule has 0 N–H and O–H groups in total. The van der Waals surface area contributed by atoms with E-state index in [4.69, 9.17) is 25.3 Å². The van der Waals surface area contributed by atoms with Crippen molar-refractivity contribution in [3.05, 3.63) is 0 Å². The molecule has 105 valence electrons. The topological polar surface area (TPSA) is 55.9 Å². The molecule has 0 aliphatic heterocycles. The van der Waals surface area contributed by atoms with Gasteiger partial charge in [0.25, 0.3) is 0 Å². The molecule has 18 heavy (non-hydrogen) atoms. The Hall–Kier alpha value is -0.761. The van der Waals surface area contributed by atoms with Crippen LogP contribution in [0.25, 0.3) is 0 Å². The first kappa shape index (κ1) is 19.6. The predicted molar refractivity (Wildman–Crippen MR) is 78.6 cm³/mol. The van der Waals surface area contributed by atoms with Crippen molar-refractivity contribution in [3.8, 4) is 0 Å². The largest absolute Gasteiger partial charge is 2.00 e. The van der Waals surface area contributed by atoms with Crippen molar-refractivity contribution in [2.45, 2.75) is 6.92 Å². The third-order valence-corrected chi connectivity index (χ3v) is 2.34. The summed E-state index contributed by atoms with van der Waals surface area (Å²) < 4.78 is 0. The average Bonchev–Trinajstić information content (AvgIpc) is 2.25. The van der Waals surface area contributed by atoms with Crippen LogP contribution >= 0.6 is 0 Å². The van der Waals surface area contributed by atoms with Gasteiger partial charge in [0.15, 0.2) is 0 Å². The van der Waals surface area contributed by atoms with Crippen LogP contribution in [-0.4, -0.2) is 60.3 Å². The molecule has 0 atom stereocenters. The van der Waals surface area contributed by atoms with Gasteiger partial charge in [-0.3, -0.25) is 0 Å². The summed E-state index contributed by atoms with van der Waals surface area (Å²) in [6.45, 7) is 1.75. The van der Waals surface area contributed by atoms with Gasteiger partial charge < -0.3 is 35.1 Å². The predicted octanol–water partition coefficient (Wildman–Crippen LogP) is 0.275. The first-order valence-corrected chi connectivity index (χ1v) is 5.58. The molecule has 0 saturated heterocycles. The van der Waals surface area contributed by atoms with E-state index in [0.29, 0.717) is 16.0 Å². The van der Waals surface area contributed by atoms with Crippen LogP contribution in [0.3, 0.4) is 0 Å². The number of nitrogens with zero attached hydrogens (tertiary/aromatic N) is 6. The van der Waals surface area contributed by atoms with E-state index in [0.717, 1.165) is 0 Å². The van der Waals surface area contributed by atoms with Crippen LogP contribution in [-0.2, 0) is 42.3 Å². The second-order valence-corrected chi connectivity index (χ2v) is 4.27. The van der Waals surface area contributed by atoms with Gasteiger partial charge in [0.2, 0.25) is 0 Å². The summed E-state index contributed by atoms with van der Waals surface area (Å²) in [4.78, 5) is 3.37. The van der Waals surface area contributed by atoms with Crippen LogP contribution in [0.15, 0.2) is 20.4 Å². The summed E-state index contributed by atoms with van der Waals surface area (Å²) in [6, 6.07) is 0. The molecule has 0 amide bonds. The zero-order valence-electron chi connectivity index (χ0n) is 10.9. The summed E-state index contributed by atoms with van der Waals surface area (Å²) >= 11 is 9.87. The van der Waals surface area contributed by atoms with E-state index in [9.17, 15) is 0 Å². The number of hydrogen-bond acceptors (Lipinski definition) is 6. The van der Waals surface area contributed by atoms with Crippen LogP contribution in [0.2, 0.25) is 0 Å². The number of hydrogen-bond donors (Lipinski definition) is 0. The Morgan fingerprint density at radius 3 is 1.78 bits per heavy atom. The average molecular weight is 336 g/mol. The van der Waals surface area contributed by atoms with Crippen molar-refractivity contribution in [2.75, 3.05) is 28.2 Å². The standard InChI is InChI=1S/C9H18N6S2.Cu/c1-7(11-13-9(17)15(4)5)6-10-12-8(16)14(2)3;/h6H,1-5H3,(H,12,16)(H,13,17);/q;+2/p-2/b10-6+,11-7+;. The van der Waals surface area contributed by atoms with Crippen molar-refractivity contribution < 1.29 is 17.1 Å². The molecule has 1 radical (unpaired) electrons. The molecule has 9 heteroatoms. The van der Waals surface area contributed by atoms with E-state index >= 15 is 0 Å². The summed E-state index contributed by atoms with van der Waals surface area (Å²) in [5.74, 6) is 0. The molecule has 0 heterocycles. The molecule has 6 nitrogen and oxygen atoms in total. The zero-order valence-corrected chi connectivity index (χ0v) is 13.5. The molecule has 0 bridgehead atoms. The van der Waals surface area contributed by atoms with Gasteiger partial charge in [-0.15, -0.1) is 0 Å². The summed E-state index contributed by atoms with van der Waals surface area (Å²) in [5, 5.41) is 16.1. The smallest absolute Gasteiger partial charge is 0.741 e. The molecule has 0 saturated carbocycles. The van der Waals surface area contributed by atoms with Crippen LogP contribution < -0.4 is 0 Å². The molecule has 0 aliphatic carbocycles. The Morgan fingerprint density at radius 1 is 0.889 bits per heavy atom. The van der Waals surface area contributed by atoms with E-state index in [1.54, 1.807) is 44.9 Å². The van der Waals surface area contributed by atoms with Gasteiger partial charge in [-0.1, -0.05) is 0 Å². The Morgan fingerprint density at radius 2 is 1.33 bits per heavy atom. The summed E-state index contributed by atoms with van der Waals surface area (Å²) in [5.41, 5.74) is 0.597. The van der Waals surface area contributed by atoms with Gasteiger partial charge in [-0.05, 0) is 6.92 Å². The molecular formula is C9H16CuN6S2. The molecule has 0 fully saturated rings. The van der Waals surface area contributed by atoms with Crippen molar-refractivity contribution in [1.29, 1.82) is 0 Å². The van der Waals surface area contributed by atoms with Gasteiger partial charge in [-0.2, -0.15) is 20.4 Å². The van der Waals surface area contributed by atoms with Crippen molar-refractivity contribution in [1.82, 2.24) is 9.80 Å². The first-order valence-electron chi connectivity index (χ1n) is 4.76. The third kappa shape index (κ3) is 9.29. The van der Waals surface area contributed by atoms with Crippen molar-refractivity contribution in [2.24, 2.45) is 20.4 Å². The van der Waals surface area contributed by atoms with Crippen LogP contribution in [0, 0.1) is 0 Å². The monoisotopic (exact) mass is 335 g/mol. The molecule has 0 aromatic carbocycles. The molecule has 0 aliphatic rings. The number of amidine groups is 2. The fourth-order valence-corrected chi connectivity index (χ4v) is 0.576. The molecule has 0 spiro atoms. The minimum Gasteiger partial charge on any atom is -0.741 e. The maximum atomic E-state index is 4.94. The third-order valence-electron chi connectivity index (χ3n) is 1.45. The van der Waals surface area contributed by atoms with Crippen molar-refractivity contribution >= 4 is 47.5 Å². The van der Waals surface area contributed by atoms with Crippen LogP contribution in [0.4, 0.5) is 0 Å². The van der Waals surface area contributed by atoms with Gasteiger partial charge in [0, 0.05) is 38.5 Å². The summed E-state index contributed by atoms with van der Waals surface area (Å²) in [7, 11) is 7.20. The SMILES string of the molecule is CC(/C=N/N=C(\[S-])N(C)C)=N\N=C(/[S-])N(C)C.[Cu+2]. The molecule has 0 aromatic heterocycles. The maximum absolute atomic E-state index is 4.94. The Balaban J connectivity index is 0. The van der Waals surface area contributed by atoms with Gasteiger partial charge in [0.1, 0.15) is 0 Å². The minimum atomic E-state index is 0. The first-order chi connectivity index (χ1) is 7.84. The van der Waals surface area contributed by atoms with Gasteiger partial charge in [-0.25, -0.2) is 0 Å². The van der Waals surface area contributed by atoms with Crippen LogP contribution in [0.1, 0.15) is 6.92 Å². The normalized spacial score (nSPS) is 13.5. The van der Waals surface area contributed by atoms with Gasteiger partial charge >= 0.3 is 17.1 Å². The molecular weight excluding hydrogens is 320 g/mol. The van der Waals surface area contributed by atoms with E-state index < -0.39 is 0 Å².